The van der Waals surface area contributed by atoms with Crippen molar-refractivity contribution in [3.8, 4) is 5.75 Å². The van der Waals surface area contributed by atoms with Gasteiger partial charge in [-0.2, -0.15) is 0 Å². The molecule has 1 fully saturated rings. The number of aromatic nitrogens is 4. The van der Waals surface area contributed by atoms with Crippen LogP contribution >= 0.6 is 0 Å². The van der Waals surface area contributed by atoms with Crippen LogP contribution in [-0.4, -0.2) is 41.7 Å². The molecule has 0 spiro atoms. The maximum atomic E-state index is 13.1. The predicted octanol–water partition coefficient (Wildman–Crippen LogP) is 4.83. The summed E-state index contributed by atoms with van der Waals surface area (Å²) < 4.78 is 40.1. The van der Waals surface area contributed by atoms with Crippen molar-refractivity contribution in [1.29, 1.82) is 0 Å². The second-order valence-electron chi connectivity index (χ2n) is 9.42. The van der Waals surface area contributed by atoms with E-state index in [1.165, 1.54) is 0 Å². The van der Waals surface area contributed by atoms with Crippen LogP contribution in [0.3, 0.4) is 0 Å². The van der Waals surface area contributed by atoms with Gasteiger partial charge in [-0.3, -0.25) is 0 Å². The normalized spacial score (nSPS) is 18.6. The molecule has 11 heteroatoms. The Morgan fingerprint density at radius 1 is 1.06 bits per heavy atom. The van der Waals surface area contributed by atoms with E-state index in [1.54, 1.807) is 25.3 Å². The Balaban J connectivity index is 1.23. The Hall–Kier alpha value is -3.44. The molecule has 0 amide bonds. The largest absolute Gasteiger partial charge is 0.497 e. The van der Waals surface area contributed by atoms with Crippen molar-refractivity contribution in [2.24, 2.45) is 0 Å². The summed E-state index contributed by atoms with van der Waals surface area (Å²) in [7, 11) is -2.07. The van der Waals surface area contributed by atoms with Crippen molar-refractivity contribution in [2.45, 2.75) is 62.3 Å². The molecule has 1 aliphatic rings. The van der Waals surface area contributed by atoms with Gasteiger partial charge < -0.3 is 19.5 Å². The van der Waals surface area contributed by atoms with Crippen LogP contribution in [0.25, 0.3) is 11.0 Å². The first-order valence-corrected chi connectivity index (χ1v) is 13.6. The fourth-order valence-corrected chi connectivity index (χ4v) is 5.74. The third kappa shape index (κ3) is 5.21. The van der Waals surface area contributed by atoms with Crippen LogP contribution < -0.4 is 14.8 Å². The third-order valence-corrected chi connectivity index (χ3v) is 7.98. The molecule has 36 heavy (non-hydrogen) atoms. The van der Waals surface area contributed by atoms with Gasteiger partial charge in [0, 0.05) is 23.6 Å². The molecule has 0 unspecified atom stereocenters. The number of anilines is 2. The van der Waals surface area contributed by atoms with Gasteiger partial charge in [-0.1, -0.05) is 13.8 Å². The van der Waals surface area contributed by atoms with E-state index in [9.17, 15) is 8.42 Å². The minimum atomic E-state index is -3.69. The minimum absolute atomic E-state index is 0.138. The Morgan fingerprint density at radius 3 is 2.47 bits per heavy atom. The lowest BCUT2D eigenvalue weighted by atomic mass is 9.86. The number of rotatable bonds is 8. The Morgan fingerprint density at radius 2 is 1.81 bits per heavy atom. The molecule has 0 bridgehead atoms. The number of fused-ring (bicyclic) bond motifs is 1. The molecule has 0 radical (unpaired) electrons. The summed E-state index contributed by atoms with van der Waals surface area (Å²) >= 11 is 0. The first-order chi connectivity index (χ1) is 17.3. The van der Waals surface area contributed by atoms with Gasteiger partial charge in [-0.15, -0.1) is 10.2 Å². The van der Waals surface area contributed by atoms with Gasteiger partial charge in [0.05, 0.1) is 23.0 Å². The minimum Gasteiger partial charge on any atom is -0.497 e. The zero-order chi connectivity index (χ0) is 25.3. The number of hydrogen-bond donors (Lipinski definition) is 3. The van der Waals surface area contributed by atoms with E-state index >= 15 is 0 Å². The Labute approximate surface area is 209 Å². The zero-order valence-electron chi connectivity index (χ0n) is 20.5. The average Bonchev–Trinajstić information content (AvgIpc) is 3.51. The van der Waals surface area contributed by atoms with E-state index in [4.69, 9.17) is 9.15 Å². The molecule has 0 atom stereocenters. The van der Waals surface area contributed by atoms with Crippen molar-refractivity contribution < 1.29 is 17.6 Å². The zero-order valence-corrected chi connectivity index (χ0v) is 21.3. The number of imidazole rings is 1. The summed E-state index contributed by atoms with van der Waals surface area (Å²) in [5, 5.41) is 11.5. The summed E-state index contributed by atoms with van der Waals surface area (Å²) in [6, 6.07) is 12.2. The first-order valence-electron chi connectivity index (χ1n) is 12.1. The maximum absolute atomic E-state index is 13.1. The number of nitrogens with zero attached hydrogens (tertiary/aromatic N) is 3. The molecule has 1 saturated carbocycles. The van der Waals surface area contributed by atoms with E-state index < -0.39 is 10.0 Å². The lowest BCUT2D eigenvalue weighted by Crippen LogP contribution is -2.37. The molecule has 10 nitrogen and oxygen atoms in total. The van der Waals surface area contributed by atoms with Gasteiger partial charge >= 0.3 is 0 Å². The van der Waals surface area contributed by atoms with Crippen LogP contribution in [0.5, 0.6) is 5.75 Å². The third-order valence-electron chi connectivity index (χ3n) is 6.47. The number of aromatic amines is 1. The molecule has 3 N–H and O–H groups in total. The molecule has 0 saturated heterocycles. The Kier molecular flexibility index (Phi) is 6.67. The quantitative estimate of drug-likeness (QED) is 0.307. The highest BCUT2D eigenvalue weighted by Crippen LogP contribution is 2.33. The second kappa shape index (κ2) is 9.90. The first kappa shape index (κ1) is 24.3. The van der Waals surface area contributed by atoms with Crippen LogP contribution in [0.2, 0.25) is 0 Å². The van der Waals surface area contributed by atoms with E-state index in [0.717, 1.165) is 29.8 Å². The number of methoxy groups -OCH3 is 1. The smallest absolute Gasteiger partial charge is 0.240 e. The summed E-state index contributed by atoms with van der Waals surface area (Å²) in [4.78, 5) is 7.88. The topological polar surface area (TPSA) is 135 Å². The average molecular weight is 511 g/mol. The fraction of sp³-hybridized carbons (Fsp3) is 0.400. The van der Waals surface area contributed by atoms with Crippen LogP contribution in [0, 0.1) is 0 Å². The van der Waals surface area contributed by atoms with Crippen LogP contribution in [0.4, 0.5) is 11.6 Å². The van der Waals surface area contributed by atoms with Gasteiger partial charge in [0.25, 0.3) is 0 Å². The van der Waals surface area contributed by atoms with Crippen molar-refractivity contribution >= 4 is 32.7 Å². The molecule has 1 aliphatic carbocycles. The van der Waals surface area contributed by atoms with Gasteiger partial charge in [0.15, 0.2) is 0 Å². The summed E-state index contributed by atoms with van der Waals surface area (Å²) in [6.07, 6.45) is 3.02. The summed E-state index contributed by atoms with van der Waals surface area (Å²) in [5.74, 6) is 2.94. The number of ether oxygens (including phenoxy) is 1. The molecule has 2 aromatic heterocycles. The monoisotopic (exact) mass is 510 g/mol. The molecule has 2 aromatic carbocycles. The molecule has 5 rings (SSSR count). The molecule has 4 aromatic rings. The SMILES string of the molecule is COc1ccc(Nc2nc3cc(S(=O)(=O)N[C@H]4CC[C@H](c5nnc(C(C)C)o5)CC4)ccc3[nH]2)cc1. The highest BCUT2D eigenvalue weighted by Gasteiger charge is 2.29. The molecular weight excluding hydrogens is 480 g/mol. The van der Waals surface area contributed by atoms with Gasteiger partial charge in [0.2, 0.25) is 27.8 Å². The van der Waals surface area contributed by atoms with Crippen LogP contribution in [0.1, 0.15) is 63.1 Å². The number of hydrogen-bond acceptors (Lipinski definition) is 8. The summed E-state index contributed by atoms with van der Waals surface area (Å²) in [6.45, 7) is 4.03. The maximum Gasteiger partial charge on any atom is 0.240 e. The molecule has 2 heterocycles. The number of H-pyrrole nitrogens is 1. The predicted molar refractivity (Wildman–Crippen MR) is 136 cm³/mol. The molecule has 190 valence electrons. The summed E-state index contributed by atoms with van der Waals surface area (Å²) in [5.41, 5.74) is 2.14. The van der Waals surface area contributed by atoms with E-state index in [1.807, 2.05) is 38.1 Å². The molecule has 0 aliphatic heterocycles. The van der Waals surface area contributed by atoms with Gasteiger partial charge in [-0.05, 0) is 68.1 Å². The van der Waals surface area contributed by atoms with Crippen molar-refractivity contribution in [3.63, 3.8) is 0 Å². The number of nitrogens with one attached hydrogen (secondary N) is 3. The van der Waals surface area contributed by atoms with E-state index in [0.29, 0.717) is 36.1 Å². The van der Waals surface area contributed by atoms with E-state index in [-0.39, 0.29) is 22.8 Å². The lowest BCUT2D eigenvalue weighted by molar-refractivity contribution is 0.317. The lowest BCUT2D eigenvalue weighted by Gasteiger charge is -2.27. The molecular formula is C25H30N6O4S. The highest BCUT2D eigenvalue weighted by atomic mass is 32.2. The van der Waals surface area contributed by atoms with Crippen LogP contribution in [0.15, 0.2) is 51.8 Å². The van der Waals surface area contributed by atoms with Crippen molar-refractivity contribution in [1.82, 2.24) is 24.9 Å². The highest BCUT2D eigenvalue weighted by molar-refractivity contribution is 7.89. The standard InChI is InChI=1S/C25H30N6O4S/c1-15(2)23-29-30-24(35-23)16-4-6-18(7-5-16)31-36(32,33)20-12-13-21-22(14-20)28-25(27-21)26-17-8-10-19(34-3)11-9-17/h8-16,18,31H,4-7H2,1-3H3,(H2,26,27,28)/t16-,18-. The fourth-order valence-electron chi connectivity index (χ4n) is 4.41. The van der Waals surface area contributed by atoms with Crippen molar-refractivity contribution in [2.75, 3.05) is 12.4 Å². The Bertz CT molecular complexity index is 1440. The van der Waals surface area contributed by atoms with Gasteiger partial charge in [0.1, 0.15) is 5.75 Å². The van der Waals surface area contributed by atoms with E-state index in [2.05, 4.69) is 30.2 Å². The van der Waals surface area contributed by atoms with Crippen LogP contribution in [-0.2, 0) is 10.0 Å². The van der Waals surface area contributed by atoms with Crippen molar-refractivity contribution in [3.05, 3.63) is 54.2 Å². The number of benzene rings is 2. The number of sulfonamides is 1. The van der Waals surface area contributed by atoms with Gasteiger partial charge in [-0.25, -0.2) is 18.1 Å². The second-order valence-corrected chi connectivity index (χ2v) is 11.1.